The first-order chi connectivity index (χ1) is 13.0. The van der Waals surface area contributed by atoms with E-state index < -0.39 is 4.92 Å². The predicted molar refractivity (Wildman–Crippen MR) is 101 cm³/mol. The van der Waals surface area contributed by atoms with Crippen LogP contribution in [0.2, 0.25) is 0 Å². The van der Waals surface area contributed by atoms with Gasteiger partial charge in [0.15, 0.2) is 11.5 Å². The molecule has 1 saturated carbocycles. The molecule has 7 nitrogen and oxygen atoms in total. The zero-order valence-corrected chi connectivity index (χ0v) is 15.1. The van der Waals surface area contributed by atoms with Crippen LogP contribution in [-0.4, -0.2) is 24.0 Å². The average Bonchev–Trinajstić information content (AvgIpc) is 3.15. The summed E-state index contributed by atoms with van der Waals surface area (Å²) in [4.78, 5) is 22.5. The number of hydrogen-bond donors (Lipinski definition) is 1. The van der Waals surface area contributed by atoms with Crippen LogP contribution in [0.25, 0.3) is 0 Å². The smallest absolute Gasteiger partial charge is 0.269 e. The number of ether oxygens (including phenoxy) is 2. The minimum atomic E-state index is -0.477. The van der Waals surface area contributed by atoms with Crippen LogP contribution in [0.3, 0.4) is 0 Å². The molecule has 0 saturated heterocycles. The average molecular weight is 370 g/mol. The number of nitro benzene ring substituents is 1. The highest BCUT2D eigenvalue weighted by Crippen LogP contribution is 2.32. The molecule has 0 radical (unpaired) electrons. The topological polar surface area (TPSA) is 90.7 Å². The maximum atomic E-state index is 12.3. The van der Waals surface area contributed by atoms with Gasteiger partial charge in [-0.15, -0.1) is 0 Å². The molecule has 1 aliphatic rings. The van der Waals surface area contributed by atoms with Crippen LogP contribution < -0.4 is 14.8 Å². The number of nitro groups is 1. The Labute approximate surface area is 157 Å². The number of methoxy groups -OCH3 is 1. The Bertz CT molecular complexity index is 814. The van der Waals surface area contributed by atoms with Gasteiger partial charge >= 0.3 is 0 Å². The summed E-state index contributed by atoms with van der Waals surface area (Å²) in [5, 5.41) is 13.4. The number of benzene rings is 2. The Balaban J connectivity index is 1.65. The molecular weight excluding hydrogens is 348 g/mol. The van der Waals surface area contributed by atoms with Gasteiger partial charge in [0.25, 0.3) is 5.69 Å². The summed E-state index contributed by atoms with van der Waals surface area (Å²) in [6.07, 6.45) is 4.78. The monoisotopic (exact) mass is 370 g/mol. The third kappa shape index (κ3) is 4.97. The Hall–Kier alpha value is -3.09. The molecule has 1 N–H and O–H groups in total. The van der Waals surface area contributed by atoms with Gasteiger partial charge in [-0.3, -0.25) is 14.9 Å². The van der Waals surface area contributed by atoms with Gasteiger partial charge in [0, 0.05) is 17.8 Å². The van der Waals surface area contributed by atoms with E-state index in [1.54, 1.807) is 13.2 Å². The first-order valence-electron chi connectivity index (χ1n) is 8.93. The third-order valence-electron chi connectivity index (χ3n) is 4.55. The SMILES string of the molecule is COc1ccc(CC(=O)Nc2ccc([N+](=O)[O-])cc2)cc1OC1CCCC1. The Morgan fingerprint density at radius 3 is 2.48 bits per heavy atom. The van der Waals surface area contributed by atoms with Crippen molar-refractivity contribution in [2.45, 2.75) is 38.2 Å². The van der Waals surface area contributed by atoms with Crippen LogP contribution >= 0.6 is 0 Å². The molecule has 1 amide bonds. The van der Waals surface area contributed by atoms with E-state index in [1.165, 1.54) is 37.1 Å². The number of carbonyl (C=O) groups excluding carboxylic acids is 1. The zero-order chi connectivity index (χ0) is 19.2. The summed E-state index contributed by atoms with van der Waals surface area (Å²) in [7, 11) is 1.60. The molecule has 0 bridgehead atoms. The van der Waals surface area contributed by atoms with Gasteiger partial charge in [-0.1, -0.05) is 6.07 Å². The van der Waals surface area contributed by atoms with Crippen molar-refractivity contribution in [3.05, 3.63) is 58.1 Å². The molecule has 0 aliphatic heterocycles. The van der Waals surface area contributed by atoms with Crippen LogP contribution in [0.15, 0.2) is 42.5 Å². The van der Waals surface area contributed by atoms with Crippen LogP contribution in [-0.2, 0) is 11.2 Å². The van der Waals surface area contributed by atoms with Crippen LogP contribution in [0, 0.1) is 10.1 Å². The second kappa shape index (κ2) is 8.53. The van der Waals surface area contributed by atoms with Crippen molar-refractivity contribution in [2.24, 2.45) is 0 Å². The van der Waals surface area contributed by atoms with Gasteiger partial charge in [-0.2, -0.15) is 0 Å². The van der Waals surface area contributed by atoms with Crippen molar-refractivity contribution < 1.29 is 19.2 Å². The highest BCUT2D eigenvalue weighted by atomic mass is 16.6. The molecule has 142 valence electrons. The van der Waals surface area contributed by atoms with Crippen molar-refractivity contribution >= 4 is 17.3 Å². The van der Waals surface area contributed by atoms with Crippen molar-refractivity contribution in [1.29, 1.82) is 0 Å². The fourth-order valence-corrected chi connectivity index (χ4v) is 3.17. The fraction of sp³-hybridized carbons (Fsp3) is 0.350. The maximum absolute atomic E-state index is 12.3. The summed E-state index contributed by atoms with van der Waals surface area (Å²) < 4.78 is 11.4. The molecule has 7 heteroatoms. The van der Waals surface area contributed by atoms with Crippen LogP contribution in [0.4, 0.5) is 11.4 Å². The minimum absolute atomic E-state index is 0.0168. The van der Waals surface area contributed by atoms with Gasteiger partial charge in [0.2, 0.25) is 5.91 Å². The molecule has 0 unspecified atom stereocenters. The van der Waals surface area contributed by atoms with Crippen molar-refractivity contribution in [1.82, 2.24) is 0 Å². The van der Waals surface area contributed by atoms with Gasteiger partial charge in [-0.05, 0) is 55.5 Å². The normalized spacial score (nSPS) is 14.0. The molecular formula is C20H22N2O5. The Kier molecular flexibility index (Phi) is 5.90. The Morgan fingerprint density at radius 2 is 1.85 bits per heavy atom. The van der Waals surface area contributed by atoms with Gasteiger partial charge in [0.05, 0.1) is 24.6 Å². The molecule has 0 spiro atoms. The molecule has 3 rings (SSSR count). The van der Waals surface area contributed by atoms with E-state index >= 15 is 0 Å². The van der Waals surface area contributed by atoms with Crippen molar-refractivity contribution in [3.8, 4) is 11.5 Å². The van der Waals surface area contributed by atoms with Gasteiger partial charge in [0.1, 0.15) is 0 Å². The largest absolute Gasteiger partial charge is 0.493 e. The second-order valence-corrected chi connectivity index (χ2v) is 6.54. The number of nitrogens with zero attached hydrogens (tertiary/aromatic N) is 1. The summed E-state index contributed by atoms with van der Waals surface area (Å²) in [5.41, 5.74) is 1.31. The molecule has 27 heavy (non-hydrogen) atoms. The third-order valence-corrected chi connectivity index (χ3v) is 4.55. The molecule has 2 aromatic rings. The van der Waals surface area contributed by atoms with E-state index in [9.17, 15) is 14.9 Å². The summed E-state index contributed by atoms with van der Waals surface area (Å²) in [6, 6.07) is 11.2. The molecule has 0 heterocycles. The van der Waals surface area contributed by atoms with Crippen molar-refractivity contribution in [2.75, 3.05) is 12.4 Å². The molecule has 1 aliphatic carbocycles. The first kappa shape index (κ1) is 18.7. The van der Waals surface area contributed by atoms with Crippen LogP contribution in [0.1, 0.15) is 31.2 Å². The number of non-ortho nitro benzene ring substituents is 1. The molecule has 1 fully saturated rings. The maximum Gasteiger partial charge on any atom is 0.269 e. The van der Waals surface area contributed by atoms with E-state index in [0.29, 0.717) is 17.2 Å². The molecule has 2 aromatic carbocycles. The Morgan fingerprint density at radius 1 is 1.15 bits per heavy atom. The lowest BCUT2D eigenvalue weighted by Crippen LogP contribution is -2.15. The summed E-state index contributed by atoms with van der Waals surface area (Å²) >= 11 is 0. The van der Waals surface area contributed by atoms with Gasteiger partial charge < -0.3 is 14.8 Å². The number of carbonyl (C=O) groups is 1. The van der Waals surface area contributed by atoms with Crippen molar-refractivity contribution in [3.63, 3.8) is 0 Å². The number of nitrogens with one attached hydrogen (secondary N) is 1. The predicted octanol–water partition coefficient (Wildman–Crippen LogP) is 4.11. The second-order valence-electron chi connectivity index (χ2n) is 6.54. The standard InChI is InChI=1S/C20H22N2O5/c1-26-18-11-6-14(12-19(18)27-17-4-2-3-5-17)13-20(23)21-15-7-9-16(10-8-15)22(24)25/h6-12,17H,2-5,13H2,1H3,(H,21,23). The quantitative estimate of drug-likeness (QED) is 0.585. The lowest BCUT2D eigenvalue weighted by molar-refractivity contribution is -0.384. The summed E-state index contributed by atoms with van der Waals surface area (Å²) in [5.74, 6) is 1.10. The highest BCUT2D eigenvalue weighted by molar-refractivity contribution is 5.92. The van der Waals surface area contributed by atoms with E-state index in [2.05, 4.69) is 5.32 Å². The first-order valence-corrected chi connectivity index (χ1v) is 8.93. The van der Waals surface area contributed by atoms with E-state index in [1.807, 2.05) is 12.1 Å². The number of rotatable bonds is 7. The zero-order valence-electron chi connectivity index (χ0n) is 15.1. The van der Waals surface area contributed by atoms with E-state index in [4.69, 9.17) is 9.47 Å². The molecule has 0 atom stereocenters. The number of anilines is 1. The number of hydrogen-bond acceptors (Lipinski definition) is 5. The molecule has 0 aromatic heterocycles. The number of amides is 1. The van der Waals surface area contributed by atoms with E-state index in [0.717, 1.165) is 18.4 Å². The van der Waals surface area contributed by atoms with Gasteiger partial charge in [-0.25, -0.2) is 0 Å². The highest BCUT2D eigenvalue weighted by Gasteiger charge is 2.19. The minimum Gasteiger partial charge on any atom is -0.493 e. The van der Waals surface area contributed by atoms with E-state index in [-0.39, 0.29) is 24.1 Å². The lowest BCUT2D eigenvalue weighted by Gasteiger charge is -2.17. The lowest BCUT2D eigenvalue weighted by atomic mass is 10.1. The fourth-order valence-electron chi connectivity index (χ4n) is 3.17. The summed E-state index contributed by atoms with van der Waals surface area (Å²) in [6.45, 7) is 0. The van der Waals surface area contributed by atoms with Crippen LogP contribution in [0.5, 0.6) is 11.5 Å².